The number of hydrogen-bond donors (Lipinski definition) is 2. The van der Waals surface area contributed by atoms with Crippen molar-refractivity contribution in [3.05, 3.63) is 35.0 Å². The highest BCUT2D eigenvalue weighted by Gasteiger charge is 2.02. The van der Waals surface area contributed by atoms with Crippen molar-refractivity contribution in [1.29, 1.82) is 0 Å². The first-order valence-corrected chi connectivity index (χ1v) is 4.87. The molecule has 5 nitrogen and oxygen atoms in total. The van der Waals surface area contributed by atoms with Crippen LogP contribution < -0.4 is 5.32 Å². The fraction of sp³-hybridized carbons (Fsp3) is 0.400. The van der Waals surface area contributed by atoms with Crippen LogP contribution in [0, 0.1) is 13.8 Å². The fourth-order valence-corrected chi connectivity index (χ4v) is 1.38. The van der Waals surface area contributed by atoms with Gasteiger partial charge in [-0.25, -0.2) is 0 Å². The Morgan fingerprint density at radius 1 is 1.40 bits per heavy atom. The van der Waals surface area contributed by atoms with E-state index in [0.29, 0.717) is 6.54 Å². The van der Waals surface area contributed by atoms with Crippen LogP contribution in [0.5, 0.6) is 0 Å². The van der Waals surface area contributed by atoms with Gasteiger partial charge >= 0.3 is 0 Å². The molecule has 0 atom stereocenters. The Morgan fingerprint density at radius 3 is 2.87 bits per heavy atom. The van der Waals surface area contributed by atoms with Crippen LogP contribution in [0.4, 0.5) is 0 Å². The van der Waals surface area contributed by atoms with E-state index in [9.17, 15) is 0 Å². The van der Waals surface area contributed by atoms with Gasteiger partial charge in [-0.3, -0.25) is 5.10 Å². The molecule has 2 aromatic heterocycles. The Morgan fingerprint density at radius 2 is 2.27 bits per heavy atom. The summed E-state index contributed by atoms with van der Waals surface area (Å²) < 4.78 is 4.97. The first kappa shape index (κ1) is 9.92. The predicted molar refractivity (Wildman–Crippen MR) is 55.1 cm³/mol. The molecule has 5 heteroatoms. The number of aromatic nitrogens is 3. The molecule has 80 valence electrons. The predicted octanol–water partition coefficient (Wildman–Crippen LogP) is 1.30. The largest absolute Gasteiger partial charge is 0.361 e. The molecule has 0 saturated carbocycles. The summed E-state index contributed by atoms with van der Waals surface area (Å²) >= 11 is 0. The summed E-state index contributed by atoms with van der Waals surface area (Å²) in [6.07, 6.45) is 1.83. The molecule has 2 N–H and O–H groups in total. The SMILES string of the molecule is Cc1cc(CNCc2cn[nH]c2C)no1. The van der Waals surface area contributed by atoms with Crippen molar-refractivity contribution in [2.75, 3.05) is 0 Å². The van der Waals surface area contributed by atoms with Crippen LogP contribution in [0.2, 0.25) is 0 Å². The van der Waals surface area contributed by atoms with Crippen molar-refractivity contribution in [3.63, 3.8) is 0 Å². The normalized spacial score (nSPS) is 10.8. The summed E-state index contributed by atoms with van der Waals surface area (Å²) in [6.45, 7) is 5.39. The third-order valence-electron chi connectivity index (χ3n) is 2.23. The van der Waals surface area contributed by atoms with Gasteiger partial charge in [-0.2, -0.15) is 5.10 Å². The van der Waals surface area contributed by atoms with E-state index in [4.69, 9.17) is 4.52 Å². The molecule has 0 fully saturated rings. The average Bonchev–Trinajstić information content (AvgIpc) is 2.77. The van der Waals surface area contributed by atoms with Crippen LogP contribution in [-0.4, -0.2) is 15.4 Å². The zero-order chi connectivity index (χ0) is 10.7. The van der Waals surface area contributed by atoms with Crippen molar-refractivity contribution in [2.45, 2.75) is 26.9 Å². The number of nitrogens with zero attached hydrogens (tertiary/aromatic N) is 2. The van der Waals surface area contributed by atoms with E-state index < -0.39 is 0 Å². The van der Waals surface area contributed by atoms with Crippen molar-refractivity contribution < 1.29 is 4.52 Å². The minimum absolute atomic E-state index is 0.710. The highest BCUT2D eigenvalue weighted by Crippen LogP contribution is 2.04. The molecule has 0 saturated heterocycles. The highest BCUT2D eigenvalue weighted by atomic mass is 16.5. The van der Waals surface area contributed by atoms with Gasteiger partial charge in [-0.05, 0) is 13.8 Å². The smallest absolute Gasteiger partial charge is 0.133 e. The zero-order valence-corrected chi connectivity index (χ0v) is 8.87. The second-order valence-corrected chi connectivity index (χ2v) is 3.55. The van der Waals surface area contributed by atoms with E-state index in [1.807, 2.05) is 26.1 Å². The number of H-pyrrole nitrogens is 1. The minimum atomic E-state index is 0.710. The lowest BCUT2D eigenvalue weighted by Crippen LogP contribution is -2.13. The first-order valence-electron chi connectivity index (χ1n) is 4.87. The van der Waals surface area contributed by atoms with Gasteiger partial charge in [0, 0.05) is 30.4 Å². The molecule has 2 heterocycles. The number of aromatic amines is 1. The second kappa shape index (κ2) is 4.27. The molecule has 0 aliphatic carbocycles. The molecular formula is C10H14N4O. The van der Waals surface area contributed by atoms with Crippen LogP contribution in [-0.2, 0) is 13.1 Å². The van der Waals surface area contributed by atoms with Gasteiger partial charge < -0.3 is 9.84 Å². The third kappa shape index (κ3) is 2.44. The van der Waals surface area contributed by atoms with Crippen LogP contribution in [0.3, 0.4) is 0 Å². The van der Waals surface area contributed by atoms with Crippen LogP contribution in [0.15, 0.2) is 16.8 Å². The second-order valence-electron chi connectivity index (χ2n) is 3.55. The van der Waals surface area contributed by atoms with E-state index >= 15 is 0 Å². The molecule has 0 aromatic carbocycles. The Kier molecular flexibility index (Phi) is 2.82. The van der Waals surface area contributed by atoms with Gasteiger partial charge in [0.2, 0.25) is 0 Å². The quantitative estimate of drug-likeness (QED) is 0.791. The first-order chi connectivity index (χ1) is 7.25. The van der Waals surface area contributed by atoms with Crippen molar-refractivity contribution >= 4 is 0 Å². The molecule has 2 rings (SSSR count). The van der Waals surface area contributed by atoms with E-state index in [1.165, 1.54) is 5.56 Å². The van der Waals surface area contributed by atoms with E-state index in [2.05, 4.69) is 20.7 Å². The maximum absolute atomic E-state index is 4.97. The van der Waals surface area contributed by atoms with Crippen molar-refractivity contribution in [1.82, 2.24) is 20.7 Å². The third-order valence-corrected chi connectivity index (χ3v) is 2.23. The Hall–Kier alpha value is -1.62. The van der Waals surface area contributed by atoms with Gasteiger partial charge in [-0.1, -0.05) is 5.16 Å². The molecule has 0 spiro atoms. The Balaban J connectivity index is 1.83. The summed E-state index contributed by atoms with van der Waals surface area (Å²) in [5.74, 6) is 0.839. The monoisotopic (exact) mass is 206 g/mol. The van der Waals surface area contributed by atoms with Gasteiger partial charge in [0.05, 0.1) is 11.9 Å². The summed E-state index contributed by atoms with van der Waals surface area (Å²) in [5, 5.41) is 14.0. The summed E-state index contributed by atoms with van der Waals surface area (Å²) in [5.41, 5.74) is 3.20. The molecule has 0 aliphatic rings. The van der Waals surface area contributed by atoms with Gasteiger partial charge in [0.25, 0.3) is 0 Å². The lowest BCUT2D eigenvalue weighted by molar-refractivity contribution is 0.388. The number of aryl methyl sites for hydroxylation is 2. The molecule has 0 bridgehead atoms. The Bertz CT molecular complexity index is 432. The van der Waals surface area contributed by atoms with E-state index in [1.54, 1.807) is 0 Å². The van der Waals surface area contributed by atoms with Crippen molar-refractivity contribution in [2.24, 2.45) is 0 Å². The van der Waals surface area contributed by atoms with Crippen LogP contribution in [0.25, 0.3) is 0 Å². The van der Waals surface area contributed by atoms with Gasteiger partial charge in [-0.15, -0.1) is 0 Å². The molecule has 0 unspecified atom stereocenters. The number of hydrogen-bond acceptors (Lipinski definition) is 4. The summed E-state index contributed by atoms with van der Waals surface area (Å²) in [4.78, 5) is 0. The van der Waals surface area contributed by atoms with Gasteiger partial charge in [0.15, 0.2) is 0 Å². The molecule has 0 radical (unpaired) electrons. The van der Waals surface area contributed by atoms with E-state index in [0.717, 1.165) is 23.7 Å². The van der Waals surface area contributed by atoms with Crippen LogP contribution in [0.1, 0.15) is 22.7 Å². The lowest BCUT2D eigenvalue weighted by atomic mass is 10.2. The Labute approximate surface area is 87.9 Å². The maximum Gasteiger partial charge on any atom is 0.133 e. The lowest BCUT2D eigenvalue weighted by Gasteiger charge is -2.00. The highest BCUT2D eigenvalue weighted by molar-refractivity contribution is 5.14. The average molecular weight is 206 g/mol. The van der Waals surface area contributed by atoms with Gasteiger partial charge in [0.1, 0.15) is 5.76 Å². The molecular weight excluding hydrogens is 192 g/mol. The zero-order valence-electron chi connectivity index (χ0n) is 8.87. The maximum atomic E-state index is 4.97. The van der Waals surface area contributed by atoms with E-state index in [-0.39, 0.29) is 0 Å². The fourth-order valence-electron chi connectivity index (χ4n) is 1.38. The minimum Gasteiger partial charge on any atom is -0.361 e. The molecule has 0 amide bonds. The standard InChI is InChI=1S/C10H14N4O/c1-7-3-10(14-15-7)6-11-4-9-5-12-13-8(9)2/h3,5,11H,4,6H2,1-2H3,(H,12,13). The molecule has 0 aliphatic heterocycles. The summed E-state index contributed by atoms with van der Waals surface area (Å²) in [6, 6.07) is 1.93. The molecule has 15 heavy (non-hydrogen) atoms. The molecule has 2 aromatic rings. The van der Waals surface area contributed by atoms with Crippen molar-refractivity contribution in [3.8, 4) is 0 Å². The topological polar surface area (TPSA) is 66.7 Å². The number of rotatable bonds is 4. The van der Waals surface area contributed by atoms with Crippen LogP contribution >= 0.6 is 0 Å². The summed E-state index contributed by atoms with van der Waals surface area (Å²) in [7, 11) is 0. The number of nitrogens with one attached hydrogen (secondary N) is 2.